The van der Waals surface area contributed by atoms with E-state index in [1.165, 1.54) is 14.2 Å². The van der Waals surface area contributed by atoms with Crippen molar-refractivity contribution in [3.8, 4) is 17.2 Å². The SMILES string of the molecule is COc1cc(NC(=O)c2ccccc2)c(OC)cc1N=Nc1c(O)c(C(=O)Nc2cccc(N)c2)cc2ccccc12. The number of anilines is 3. The number of nitrogens with one attached hydrogen (secondary N) is 2. The number of amides is 2. The summed E-state index contributed by atoms with van der Waals surface area (Å²) >= 11 is 0. The number of phenolic OH excluding ortho intramolecular Hbond substituents is 1. The van der Waals surface area contributed by atoms with Gasteiger partial charge in [-0.2, -0.15) is 0 Å². The smallest absolute Gasteiger partial charge is 0.259 e. The van der Waals surface area contributed by atoms with Crippen molar-refractivity contribution in [2.24, 2.45) is 10.2 Å². The van der Waals surface area contributed by atoms with E-state index >= 15 is 0 Å². The summed E-state index contributed by atoms with van der Waals surface area (Å²) in [6, 6.07) is 27.4. The van der Waals surface area contributed by atoms with Gasteiger partial charge in [0.1, 0.15) is 22.9 Å². The van der Waals surface area contributed by atoms with Crippen LogP contribution in [-0.4, -0.2) is 31.1 Å². The van der Waals surface area contributed by atoms with Gasteiger partial charge < -0.3 is 30.9 Å². The van der Waals surface area contributed by atoms with Gasteiger partial charge in [0.15, 0.2) is 5.75 Å². The maximum Gasteiger partial charge on any atom is 0.259 e. The summed E-state index contributed by atoms with van der Waals surface area (Å²) in [5.74, 6) is -0.606. The molecule has 0 atom stereocenters. The van der Waals surface area contributed by atoms with Gasteiger partial charge in [-0.05, 0) is 41.8 Å². The fourth-order valence-corrected chi connectivity index (χ4v) is 4.35. The standard InChI is InChI=1S/C32H27N5O5/c1-41-27-18-26(28(42-2)17-25(27)35-31(39)19-9-4-3-5-10-19)36-37-29-23-14-7-6-11-20(23)15-24(30(29)38)32(40)34-22-13-8-12-21(33)16-22/h3-18,38H,33H2,1-2H3,(H,34,40)(H,35,39). The van der Waals surface area contributed by atoms with E-state index in [2.05, 4.69) is 20.9 Å². The third kappa shape index (κ3) is 5.82. The first-order chi connectivity index (χ1) is 20.4. The number of carbonyl (C=O) groups is 2. The average molecular weight is 562 g/mol. The molecule has 0 spiro atoms. The lowest BCUT2D eigenvalue weighted by Gasteiger charge is -2.14. The number of methoxy groups -OCH3 is 2. The Bertz CT molecular complexity index is 1820. The fourth-order valence-electron chi connectivity index (χ4n) is 4.35. The highest BCUT2D eigenvalue weighted by atomic mass is 16.5. The second kappa shape index (κ2) is 12.1. The third-order valence-corrected chi connectivity index (χ3v) is 6.43. The largest absolute Gasteiger partial charge is 0.505 e. The lowest BCUT2D eigenvalue weighted by molar-refractivity contribution is 0.101. The predicted octanol–water partition coefficient (Wildman–Crippen LogP) is 7.06. The van der Waals surface area contributed by atoms with Crippen molar-refractivity contribution in [2.45, 2.75) is 0 Å². The molecule has 0 saturated carbocycles. The minimum atomic E-state index is -0.543. The Balaban J connectivity index is 1.52. The molecule has 5 aromatic carbocycles. The highest BCUT2D eigenvalue weighted by Gasteiger charge is 2.20. The van der Waals surface area contributed by atoms with E-state index < -0.39 is 5.91 Å². The number of nitrogen functional groups attached to an aromatic ring is 1. The Morgan fingerprint density at radius 2 is 1.50 bits per heavy atom. The van der Waals surface area contributed by atoms with E-state index in [-0.39, 0.29) is 28.6 Å². The molecule has 0 saturated heterocycles. The number of hydrogen-bond acceptors (Lipinski definition) is 8. The van der Waals surface area contributed by atoms with E-state index in [0.29, 0.717) is 44.9 Å². The number of carbonyl (C=O) groups excluding carboxylic acids is 2. The Kier molecular flexibility index (Phi) is 7.96. The first kappa shape index (κ1) is 27.7. The van der Waals surface area contributed by atoms with Gasteiger partial charge in [0.2, 0.25) is 0 Å². The Morgan fingerprint density at radius 1 is 0.762 bits per heavy atom. The topological polar surface area (TPSA) is 148 Å². The number of rotatable bonds is 8. The van der Waals surface area contributed by atoms with Crippen molar-refractivity contribution in [1.82, 2.24) is 0 Å². The van der Waals surface area contributed by atoms with Gasteiger partial charge >= 0.3 is 0 Å². The van der Waals surface area contributed by atoms with Gasteiger partial charge in [-0.3, -0.25) is 9.59 Å². The molecule has 2 amide bonds. The van der Waals surface area contributed by atoms with Crippen molar-refractivity contribution in [1.29, 1.82) is 0 Å². The number of phenols is 1. The quantitative estimate of drug-likeness (QED) is 0.118. The third-order valence-electron chi connectivity index (χ3n) is 6.43. The fraction of sp³-hybridized carbons (Fsp3) is 0.0625. The average Bonchev–Trinajstić information content (AvgIpc) is 3.00. The van der Waals surface area contributed by atoms with Crippen molar-refractivity contribution in [2.75, 3.05) is 30.6 Å². The molecule has 42 heavy (non-hydrogen) atoms. The van der Waals surface area contributed by atoms with E-state index in [1.807, 2.05) is 12.1 Å². The summed E-state index contributed by atoms with van der Waals surface area (Å²) in [5.41, 5.74) is 8.01. The molecule has 5 N–H and O–H groups in total. The number of nitrogens with two attached hydrogens (primary N) is 1. The van der Waals surface area contributed by atoms with Crippen LogP contribution in [0.4, 0.5) is 28.4 Å². The molecule has 0 aliphatic carbocycles. The lowest BCUT2D eigenvalue weighted by Crippen LogP contribution is -2.12. The molecule has 0 heterocycles. The number of hydrogen-bond donors (Lipinski definition) is 4. The molecule has 0 bridgehead atoms. The zero-order chi connectivity index (χ0) is 29.6. The van der Waals surface area contributed by atoms with Crippen molar-refractivity contribution >= 4 is 51.0 Å². The molecule has 10 heteroatoms. The molecule has 0 aliphatic rings. The van der Waals surface area contributed by atoms with E-state index in [0.717, 1.165) is 0 Å². The molecule has 0 aromatic heterocycles. The number of ether oxygens (including phenoxy) is 2. The number of azo groups is 1. The lowest BCUT2D eigenvalue weighted by atomic mass is 10.0. The van der Waals surface area contributed by atoms with Crippen LogP contribution in [0.15, 0.2) is 107 Å². The normalized spacial score (nSPS) is 10.9. The van der Waals surface area contributed by atoms with Crippen LogP contribution in [0.5, 0.6) is 17.2 Å². The molecule has 5 rings (SSSR count). The van der Waals surface area contributed by atoms with Crippen LogP contribution in [-0.2, 0) is 0 Å². The summed E-state index contributed by atoms with van der Waals surface area (Å²) in [5, 5.41) is 26.7. The summed E-state index contributed by atoms with van der Waals surface area (Å²) in [7, 11) is 2.92. The Labute approximate surface area is 241 Å². The highest BCUT2D eigenvalue weighted by Crippen LogP contribution is 2.42. The van der Waals surface area contributed by atoms with Gasteiger partial charge in [-0.25, -0.2) is 0 Å². The summed E-state index contributed by atoms with van der Waals surface area (Å²) in [6.45, 7) is 0. The van der Waals surface area contributed by atoms with Gasteiger partial charge in [0, 0.05) is 34.5 Å². The molecule has 5 aromatic rings. The monoisotopic (exact) mass is 561 g/mol. The summed E-state index contributed by atoms with van der Waals surface area (Å²) in [6.07, 6.45) is 0. The minimum absolute atomic E-state index is 0.00796. The molecular weight excluding hydrogens is 534 g/mol. The molecule has 0 unspecified atom stereocenters. The Hall–Kier alpha value is -5.90. The van der Waals surface area contributed by atoms with Crippen LogP contribution in [0.2, 0.25) is 0 Å². The van der Waals surface area contributed by atoms with Crippen LogP contribution in [0.3, 0.4) is 0 Å². The van der Waals surface area contributed by atoms with Gasteiger partial charge in [-0.1, -0.05) is 48.5 Å². The van der Waals surface area contributed by atoms with E-state index in [9.17, 15) is 14.7 Å². The zero-order valence-corrected chi connectivity index (χ0v) is 22.8. The maximum absolute atomic E-state index is 13.2. The second-order valence-electron chi connectivity index (χ2n) is 9.17. The molecule has 0 fully saturated rings. The number of benzene rings is 5. The zero-order valence-electron chi connectivity index (χ0n) is 22.8. The van der Waals surface area contributed by atoms with Crippen LogP contribution in [0.1, 0.15) is 20.7 Å². The van der Waals surface area contributed by atoms with Crippen molar-refractivity contribution < 1.29 is 24.2 Å². The van der Waals surface area contributed by atoms with Crippen molar-refractivity contribution in [3.63, 3.8) is 0 Å². The van der Waals surface area contributed by atoms with E-state index in [1.54, 1.807) is 84.9 Å². The molecular formula is C32H27N5O5. The first-order valence-corrected chi connectivity index (χ1v) is 12.8. The maximum atomic E-state index is 13.2. The van der Waals surface area contributed by atoms with Gasteiger partial charge in [0.05, 0.1) is 25.5 Å². The second-order valence-corrected chi connectivity index (χ2v) is 9.17. The van der Waals surface area contributed by atoms with Crippen LogP contribution < -0.4 is 25.8 Å². The Morgan fingerprint density at radius 3 is 2.24 bits per heavy atom. The minimum Gasteiger partial charge on any atom is -0.505 e. The highest BCUT2D eigenvalue weighted by molar-refractivity contribution is 6.12. The first-order valence-electron chi connectivity index (χ1n) is 12.8. The predicted molar refractivity (Wildman–Crippen MR) is 163 cm³/mol. The van der Waals surface area contributed by atoms with Crippen LogP contribution in [0.25, 0.3) is 10.8 Å². The summed E-state index contributed by atoms with van der Waals surface area (Å²) < 4.78 is 11.0. The molecule has 210 valence electrons. The van der Waals surface area contributed by atoms with E-state index in [4.69, 9.17) is 15.2 Å². The molecule has 0 radical (unpaired) electrons. The summed E-state index contributed by atoms with van der Waals surface area (Å²) in [4.78, 5) is 25.9. The van der Waals surface area contributed by atoms with Crippen molar-refractivity contribution in [3.05, 3.63) is 108 Å². The number of nitrogens with zero attached hydrogens (tertiary/aromatic N) is 2. The molecule has 10 nitrogen and oxygen atoms in total. The van der Waals surface area contributed by atoms with Crippen LogP contribution in [0, 0.1) is 0 Å². The molecule has 0 aliphatic heterocycles. The van der Waals surface area contributed by atoms with Gasteiger partial charge in [-0.15, -0.1) is 10.2 Å². The number of aromatic hydroxyl groups is 1. The number of fused-ring (bicyclic) bond motifs is 1. The van der Waals surface area contributed by atoms with Gasteiger partial charge in [0.25, 0.3) is 11.8 Å². The van der Waals surface area contributed by atoms with Crippen LogP contribution >= 0.6 is 0 Å².